The number of pyridine rings is 1. The fourth-order valence-corrected chi connectivity index (χ4v) is 3.31. The molecule has 7 nitrogen and oxygen atoms in total. The fraction of sp³-hybridized carbons (Fsp3) is 0.316. The molecular weight excluding hydrogens is 328 g/mol. The molecule has 3 aromatic heterocycles. The third-order valence-electron chi connectivity index (χ3n) is 4.78. The molecule has 1 fully saturated rings. The Kier molecular flexibility index (Phi) is 4.68. The molecule has 132 valence electrons. The van der Waals surface area contributed by atoms with Gasteiger partial charge in [-0.2, -0.15) is 0 Å². The van der Waals surface area contributed by atoms with Gasteiger partial charge in [0.05, 0.1) is 18.2 Å². The molecule has 0 N–H and O–H groups in total. The summed E-state index contributed by atoms with van der Waals surface area (Å²) in [6.45, 7) is 2.56. The van der Waals surface area contributed by atoms with Gasteiger partial charge in [0.25, 0.3) is 5.56 Å². The Hall–Kier alpha value is -3.09. The van der Waals surface area contributed by atoms with Crippen LogP contribution in [0.5, 0.6) is 0 Å². The first-order valence-corrected chi connectivity index (χ1v) is 8.77. The minimum absolute atomic E-state index is 0.0183. The Morgan fingerprint density at radius 2 is 1.88 bits per heavy atom. The maximum Gasteiger partial charge on any atom is 0.253 e. The van der Waals surface area contributed by atoms with Gasteiger partial charge in [-0.25, -0.2) is 9.97 Å². The van der Waals surface area contributed by atoms with Gasteiger partial charge < -0.3 is 4.90 Å². The van der Waals surface area contributed by atoms with Crippen LogP contribution in [0.2, 0.25) is 0 Å². The van der Waals surface area contributed by atoms with Crippen molar-refractivity contribution in [2.75, 3.05) is 18.0 Å². The quantitative estimate of drug-likeness (QED) is 0.718. The Morgan fingerprint density at radius 1 is 1.04 bits per heavy atom. The molecule has 1 aliphatic heterocycles. The highest BCUT2D eigenvalue weighted by atomic mass is 16.1. The number of aromatic nitrogens is 5. The maximum absolute atomic E-state index is 12.4. The Labute approximate surface area is 151 Å². The smallest absolute Gasteiger partial charge is 0.253 e. The predicted octanol–water partition coefficient (Wildman–Crippen LogP) is 2.01. The van der Waals surface area contributed by atoms with Crippen LogP contribution in [-0.4, -0.2) is 37.6 Å². The second-order valence-corrected chi connectivity index (χ2v) is 6.50. The van der Waals surface area contributed by atoms with Gasteiger partial charge in [0.15, 0.2) is 0 Å². The van der Waals surface area contributed by atoms with E-state index in [9.17, 15) is 4.79 Å². The van der Waals surface area contributed by atoms with Crippen LogP contribution >= 0.6 is 0 Å². The standard InChI is InChI=1S/C19H20N6O/c26-19-10-17(16-2-1-5-20-11-16)23-14-25(19)13-15-3-8-24(9-4-15)18-12-21-6-7-22-18/h1-2,5-7,10-12,14-15H,3-4,8-9,13H2. The monoisotopic (exact) mass is 348 g/mol. The summed E-state index contributed by atoms with van der Waals surface area (Å²) >= 11 is 0. The molecule has 1 saturated heterocycles. The second-order valence-electron chi connectivity index (χ2n) is 6.50. The summed E-state index contributed by atoms with van der Waals surface area (Å²) in [5.41, 5.74) is 1.50. The Morgan fingerprint density at radius 3 is 2.58 bits per heavy atom. The summed E-state index contributed by atoms with van der Waals surface area (Å²) in [5, 5.41) is 0. The van der Waals surface area contributed by atoms with Crippen LogP contribution in [-0.2, 0) is 6.54 Å². The van der Waals surface area contributed by atoms with E-state index in [1.165, 1.54) is 0 Å². The summed E-state index contributed by atoms with van der Waals surface area (Å²) in [7, 11) is 0. The first-order valence-electron chi connectivity index (χ1n) is 8.77. The molecule has 3 aromatic rings. The van der Waals surface area contributed by atoms with Crippen LogP contribution in [0, 0.1) is 5.92 Å². The molecule has 0 atom stereocenters. The van der Waals surface area contributed by atoms with Gasteiger partial charge >= 0.3 is 0 Å². The lowest BCUT2D eigenvalue weighted by Gasteiger charge is -2.32. The summed E-state index contributed by atoms with van der Waals surface area (Å²) in [5.74, 6) is 1.39. The number of hydrogen-bond acceptors (Lipinski definition) is 6. The van der Waals surface area contributed by atoms with E-state index in [1.54, 1.807) is 47.9 Å². The number of anilines is 1. The van der Waals surface area contributed by atoms with Crippen molar-refractivity contribution in [1.29, 1.82) is 0 Å². The van der Waals surface area contributed by atoms with E-state index in [1.807, 2.05) is 12.1 Å². The number of hydrogen-bond donors (Lipinski definition) is 0. The highest BCUT2D eigenvalue weighted by Gasteiger charge is 2.21. The largest absolute Gasteiger partial charge is 0.355 e. The second kappa shape index (κ2) is 7.43. The average molecular weight is 348 g/mol. The zero-order valence-corrected chi connectivity index (χ0v) is 14.4. The first-order chi connectivity index (χ1) is 12.8. The minimum Gasteiger partial charge on any atom is -0.355 e. The topological polar surface area (TPSA) is 76.8 Å². The lowest BCUT2D eigenvalue weighted by Crippen LogP contribution is -2.36. The molecule has 4 rings (SSSR count). The highest BCUT2D eigenvalue weighted by Crippen LogP contribution is 2.22. The summed E-state index contributed by atoms with van der Waals surface area (Å²) in [4.78, 5) is 31.7. The zero-order chi connectivity index (χ0) is 17.8. The van der Waals surface area contributed by atoms with Crippen molar-refractivity contribution in [3.05, 3.63) is 65.9 Å². The van der Waals surface area contributed by atoms with Gasteiger partial charge in [-0.1, -0.05) is 0 Å². The lowest BCUT2D eigenvalue weighted by molar-refractivity contribution is 0.350. The summed E-state index contributed by atoms with van der Waals surface area (Å²) in [6, 6.07) is 5.33. The molecule has 0 amide bonds. The minimum atomic E-state index is -0.0183. The van der Waals surface area contributed by atoms with E-state index in [0.29, 0.717) is 18.2 Å². The molecule has 0 aromatic carbocycles. The molecule has 4 heterocycles. The van der Waals surface area contributed by atoms with Crippen LogP contribution in [0.25, 0.3) is 11.3 Å². The number of rotatable bonds is 4. The summed E-state index contributed by atoms with van der Waals surface area (Å²) in [6.07, 6.45) is 12.3. The van der Waals surface area contributed by atoms with Crippen LogP contribution in [0.4, 0.5) is 5.82 Å². The van der Waals surface area contributed by atoms with E-state index < -0.39 is 0 Å². The van der Waals surface area contributed by atoms with Gasteiger partial charge in [0, 0.05) is 56.1 Å². The average Bonchev–Trinajstić information content (AvgIpc) is 2.71. The van der Waals surface area contributed by atoms with Crippen molar-refractivity contribution in [2.24, 2.45) is 5.92 Å². The van der Waals surface area contributed by atoms with Gasteiger partial charge in [0.2, 0.25) is 0 Å². The van der Waals surface area contributed by atoms with E-state index >= 15 is 0 Å². The number of piperidine rings is 1. The molecule has 7 heteroatoms. The molecule has 0 radical (unpaired) electrons. The predicted molar refractivity (Wildman–Crippen MR) is 98.7 cm³/mol. The first kappa shape index (κ1) is 16.4. The van der Waals surface area contributed by atoms with Crippen molar-refractivity contribution in [2.45, 2.75) is 19.4 Å². The van der Waals surface area contributed by atoms with E-state index in [2.05, 4.69) is 24.8 Å². The van der Waals surface area contributed by atoms with Crippen LogP contribution in [0.3, 0.4) is 0 Å². The molecule has 0 unspecified atom stereocenters. The molecule has 0 saturated carbocycles. The van der Waals surface area contributed by atoms with Crippen molar-refractivity contribution in [3.8, 4) is 11.3 Å². The molecule has 0 aliphatic carbocycles. The molecule has 0 spiro atoms. The van der Waals surface area contributed by atoms with E-state index in [-0.39, 0.29) is 5.56 Å². The molecule has 26 heavy (non-hydrogen) atoms. The van der Waals surface area contributed by atoms with Crippen molar-refractivity contribution in [3.63, 3.8) is 0 Å². The van der Waals surface area contributed by atoms with Crippen molar-refractivity contribution < 1.29 is 0 Å². The lowest BCUT2D eigenvalue weighted by atomic mass is 9.96. The van der Waals surface area contributed by atoms with Crippen LogP contribution in [0.15, 0.2) is 60.3 Å². The third kappa shape index (κ3) is 3.61. The highest BCUT2D eigenvalue weighted by molar-refractivity contribution is 5.56. The molecule has 1 aliphatic rings. The van der Waals surface area contributed by atoms with Gasteiger partial charge in [-0.3, -0.25) is 19.3 Å². The maximum atomic E-state index is 12.4. The van der Waals surface area contributed by atoms with Gasteiger partial charge in [0.1, 0.15) is 5.82 Å². The van der Waals surface area contributed by atoms with Crippen molar-refractivity contribution in [1.82, 2.24) is 24.5 Å². The number of nitrogens with zero attached hydrogens (tertiary/aromatic N) is 6. The molecule has 0 bridgehead atoms. The van der Waals surface area contributed by atoms with E-state index in [0.717, 1.165) is 37.3 Å². The third-order valence-corrected chi connectivity index (χ3v) is 4.78. The molecular formula is C19H20N6O. The fourth-order valence-electron chi connectivity index (χ4n) is 3.31. The Balaban J connectivity index is 1.40. The normalized spacial score (nSPS) is 15.2. The van der Waals surface area contributed by atoms with E-state index in [4.69, 9.17) is 0 Å². The van der Waals surface area contributed by atoms with Crippen LogP contribution in [0.1, 0.15) is 12.8 Å². The Bertz CT molecular complexity index is 904. The van der Waals surface area contributed by atoms with Gasteiger partial charge in [-0.15, -0.1) is 0 Å². The zero-order valence-electron chi connectivity index (χ0n) is 14.4. The summed E-state index contributed by atoms with van der Waals surface area (Å²) < 4.78 is 1.71. The van der Waals surface area contributed by atoms with Crippen LogP contribution < -0.4 is 10.5 Å². The SMILES string of the molecule is O=c1cc(-c2cccnc2)ncn1CC1CCN(c2cnccn2)CC1. The van der Waals surface area contributed by atoms with Gasteiger partial charge in [-0.05, 0) is 30.9 Å². The van der Waals surface area contributed by atoms with Crippen molar-refractivity contribution >= 4 is 5.82 Å².